The van der Waals surface area contributed by atoms with Gasteiger partial charge in [-0.25, -0.2) is 0 Å². The SMILES string of the molecule is C=CCO[N+](C)(CCC)C(C)(O)O.[Cl-]. The van der Waals surface area contributed by atoms with E-state index in [1.807, 2.05) is 6.92 Å². The van der Waals surface area contributed by atoms with Gasteiger partial charge in [-0.2, -0.15) is 4.84 Å². The van der Waals surface area contributed by atoms with Crippen LogP contribution >= 0.6 is 0 Å². The number of hydrogen-bond donors (Lipinski definition) is 2. The Morgan fingerprint density at radius 1 is 1.50 bits per heavy atom. The molecule has 86 valence electrons. The minimum Gasteiger partial charge on any atom is -1.00 e. The van der Waals surface area contributed by atoms with E-state index >= 15 is 0 Å². The average Bonchev–Trinajstić information content (AvgIpc) is 1.99. The van der Waals surface area contributed by atoms with E-state index in [4.69, 9.17) is 4.84 Å². The first-order chi connectivity index (χ1) is 5.87. The lowest BCUT2D eigenvalue weighted by atomic mass is 10.4. The van der Waals surface area contributed by atoms with Gasteiger partial charge in [0, 0.05) is 0 Å². The van der Waals surface area contributed by atoms with Crippen LogP contribution in [0.3, 0.4) is 0 Å². The maximum absolute atomic E-state index is 9.46. The molecule has 1 unspecified atom stereocenters. The monoisotopic (exact) mass is 225 g/mol. The third kappa shape index (κ3) is 4.39. The smallest absolute Gasteiger partial charge is 0.341 e. The summed E-state index contributed by atoms with van der Waals surface area (Å²) in [7, 11) is 1.63. The largest absolute Gasteiger partial charge is 1.00 e. The van der Waals surface area contributed by atoms with Crippen LogP contribution in [-0.4, -0.2) is 41.0 Å². The molecule has 0 aliphatic carbocycles. The molecule has 0 amide bonds. The molecule has 0 rings (SSSR count). The molecular formula is C9H20ClNO3. The highest BCUT2D eigenvalue weighted by atomic mass is 35.5. The predicted octanol–water partition coefficient (Wildman–Crippen LogP) is -2.38. The van der Waals surface area contributed by atoms with Crippen molar-refractivity contribution in [3.05, 3.63) is 12.7 Å². The zero-order valence-corrected chi connectivity index (χ0v) is 9.79. The molecule has 0 aliphatic rings. The second kappa shape index (κ2) is 6.37. The number of halogens is 1. The first-order valence-corrected chi connectivity index (χ1v) is 4.43. The fraction of sp³-hybridized carbons (Fsp3) is 0.778. The molecule has 0 saturated heterocycles. The fourth-order valence-electron chi connectivity index (χ4n) is 1.04. The van der Waals surface area contributed by atoms with Crippen molar-refractivity contribution in [2.75, 3.05) is 20.2 Å². The molecule has 0 fully saturated rings. The lowest BCUT2D eigenvalue weighted by molar-refractivity contribution is -1.16. The summed E-state index contributed by atoms with van der Waals surface area (Å²) < 4.78 is -0.241. The van der Waals surface area contributed by atoms with Gasteiger partial charge >= 0.3 is 5.91 Å². The lowest BCUT2D eigenvalue weighted by Crippen LogP contribution is -3.00. The minimum atomic E-state index is -1.88. The summed E-state index contributed by atoms with van der Waals surface area (Å²) in [5.74, 6) is -1.88. The van der Waals surface area contributed by atoms with Crippen molar-refractivity contribution in [2.45, 2.75) is 26.2 Å². The summed E-state index contributed by atoms with van der Waals surface area (Å²) >= 11 is 0. The van der Waals surface area contributed by atoms with Gasteiger partial charge < -0.3 is 22.6 Å². The van der Waals surface area contributed by atoms with Gasteiger partial charge in [0.15, 0.2) is 0 Å². The Kier molecular flexibility index (Phi) is 7.42. The Morgan fingerprint density at radius 2 is 2.00 bits per heavy atom. The van der Waals surface area contributed by atoms with Crippen LogP contribution in [0.5, 0.6) is 0 Å². The second-order valence-electron chi connectivity index (χ2n) is 3.38. The van der Waals surface area contributed by atoms with Crippen molar-refractivity contribution in [3.63, 3.8) is 0 Å². The molecule has 1 atom stereocenters. The van der Waals surface area contributed by atoms with E-state index in [0.717, 1.165) is 6.42 Å². The van der Waals surface area contributed by atoms with Gasteiger partial charge in [0.1, 0.15) is 20.2 Å². The Labute approximate surface area is 91.7 Å². The zero-order chi connectivity index (χ0) is 10.5. The maximum atomic E-state index is 9.46. The molecule has 14 heavy (non-hydrogen) atoms. The number of nitrogens with zero attached hydrogens (tertiary/aromatic N) is 1. The van der Waals surface area contributed by atoms with Crippen LogP contribution in [0.1, 0.15) is 20.3 Å². The molecule has 0 aromatic rings. The lowest BCUT2D eigenvalue weighted by Gasteiger charge is -2.38. The maximum Gasteiger partial charge on any atom is 0.341 e. The highest BCUT2D eigenvalue weighted by Crippen LogP contribution is 2.18. The molecule has 0 saturated carbocycles. The minimum absolute atomic E-state index is 0. The van der Waals surface area contributed by atoms with Crippen LogP contribution in [0.2, 0.25) is 0 Å². The van der Waals surface area contributed by atoms with Gasteiger partial charge in [0.25, 0.3) is 0 Å². The Morgan fingerprint density at radius 3 is 2.29 bits per heavy atom. The van der Waals surface area contributed by atoms with E-state index in [-0.39, 0.29) is 17.1 Å². The van der Waals surface area contributed by atoms with Crippen molar-refractivity contribution in [3.8, 4) is 0 Å². The van der Waals surface area contributed by atoms with Gasteiger partial charge in [0.2, 0.25) is 0 Å². The second-order valence-corrected chi connectivity index (χ2v) is 3.38. The van der Waals surface area contributed by atoms with E-state index in [1.165, 1.54) is 6.92 Å². The molecule has 0 bridgehead atoms. The Bertz CT molecular complexity index is 170. The molecule has 0 radical (unpaired) electrons. The fourth-order valence-corrected chi connectivity index (χ4v) is 1.04. The summed E-state index contributed by atoms with van der Waals surface area (Å²) in [4.78, 5) is 5.30. The summed E-state index contributed by atoms with van der Waals surface area (Å²) in [6, 6.07) is 0. The van der Waals surface area contributed by atoms with Crippen molar-refractivity contribution in [1.82, 2.24) is 0 Å². The topological polar surface area (TPSA) is 49.7 Å². The van der Waals surface area contributed by atoms with Crippen molar-refractivity contribution >= 4 is 0 Å². The number of quaternary nitrogens is 1. The Hall–Kier alpha value is -0.130. The molecule has 5 heteroatoms. The number of aliphatic hydroxyl groups is 2. The van der Waals surface area contributed by atoms with Gasteiger partial charge in [0.05, 0.1) is 6.92 Å². The van der Waals surface area contributed by atoms with Gasteiger partial charge in [-0.05, 0) is 6.42 Å². The molecule has 0 aromatic heterocycles. The zero-order valence-electron chi connectivity index (χ0n) is 9.03. The van der Waals surface area contributed by atoms with Crippen LogP contribution in [0.25, 0.3) is 0 Å². The third-order valence-electron chi connectivity index (χ3n) is 2.02. The first kappa shape index (κ1) is 16.3. The quantitative estimate of drug-likeness (QED) is 0.230. The molecular weight excluding hydrogens is 206 g/mol. The normalized spacial score (nSPS) is 15.5. The molecule has 4 nitrogen and oxygen atoms in total. The summed E-state index contributed by atoms with van der Waals surface area (Å²) in [6.45, 7) is 7.61. The summed E-state index contributed by atoms with van der Waals surface area (Å²) in [5, 5.41) is 18.9. The van der Waals surface area contributed by atoms with Gasteiger partial charge in [-0.3, -0.25) is 0 Å². The first-order valence-electron chi connectivity index (χ1n) is 4.43. The van der Waals surface area contributed by atoms with Gasteiger partial charge in [-0.15, -0.1) is 11.2 Å². The van der Waals surface area contributed by atoms with Crippen LogP contribution in [-0.2, 0) is 4.84 Å². The number of hydrogen-bond acceptors (Lipinski definition) is 3. The van der Waals surface area contributed by atoms with Crippen molar-refractivity contribution < 1.29 is 32.1 Å². The molecule has 2 N–H and O–H groups in total. The number of hydroxylamine groups is 3. The van der Waals surface area contributed by atoms with E-state index in [9.17, 15) is 10.2 Å². The average molecular weight is 226 g/mol. The van der Waals surface area contributed by atoms with E-state index in [0.29, 0.717) is 13.2 Å². The van der Waals surface area contributed by atoms with Gasteiger partial charge in [-0.1, -0.05) is 13.0 Å². The van der Waals surface area contributed by atoms with E-state index in [1.54, 1.807) is 13.1 Å². The van der Waals surface area contributed by atoms with Crippen LogP contribution in [0.4, 0.5) is 0 Å². The summed E-state index contributed by atoms with van der Waals surface area (Å²) in [6.07, 6.45) is 2.39. The van der Waals surface area contributed by atoms with Crippen LogP contribution < -0.4 is 12.4 Å². The molecule has 0 spiro atoms. The van der Waals surface area contributed by atoms with Crippen molar-refractivity contribution in [2.24, 2.45) is 0 Å². The summed E-state index contributed by atoms with van der Waals surface area (Å²) in [5.41, 5.74) is 0. The third-order valence-corrected chi connectivity index (χ3v) is 2.02. The molecule has 0 heterocycles. The number of rotatable bonds is 6. The van der Waals surface area contributed by atoms with E-state index < -0.39 is 5.91 Å². The van der Waals surface area contributed by atoms with Crippen molar-refractivity contribution in [1.29, 1.82) is 0 Å². The van der Waals surface area contributed by atoms with Crippen LogP contribution in [0, 0.1) is 0 Å². The molecule has 0 aromatic carbocycles. The molecule has 0 aliphatic heterocycles. The van der Waals surface area contributed by atoms with Crippen LogP contribution in [0.15, 0.2) is 12.7 Å². The predicted molar refractivity (Wildman–Crippen MR) is 50.3 cm³/mol. The standard InChI is InChI=1S/C9H20NO3.ClH/c1-5-7-10(4,9(3,11)12)13-8-6-2;/h6,11-12H,2,5,7-8H2,1,3-4H3;1H/q+1;/p-1. The Balaban J connectivity index is 0. The van der Waals surface area contributed by atoms with E-state index in [2.05, 4.69) is 6.58 Å². The highest BCUT2D eigenvalue weighted by molar-refractivity contribution is 4.62. The highest BCUT2D eigenvalue weighted by Gasteiger charge is 2.42.